The molecule has 0 aromatic heterocycles. The van der Waals surface area contributed by atoms with Crippen LogP contribution in [0.2, 0.25) is 15.1 Å². The largest absolute Gasteiger partial charge is 0.490 e. The smallest absolute Gasteiger partial charge is 0.293 e. The molecule has 0 atom stereocenters. The van der Waals surface area contributed by atoms with Crippen molar-refractivity contribution in [3.05, 3.63) is 83.6 Å². The lowest BCUT2D eigenvalue weighted by Gasteiger charge is -2.15. The summed E-state index contributed by atoms with van der Waals surface area (Å²) in [5, 5.41) is 1.01. The normalized spacial score (nSPS) is 15.4. The van der Waals surface area contributed by atoms with Crippen LogP contribution in [0.25, 0.3) is 6.08 Å². The van der Waals surface area contributed by atoms with Crippen LogP contribution in [-0.4, -0.2) is 29.4 Å². The first-order valence-corrected chi connectivity index (χ1v) is 14.3. The number of hydrogen-bond donors (Lipinski definition) is 0. The maximum atomic E-state index is 13.2. The first kappa shape index (κ1) is 28.0. The summed E-state index contributed by atoms with van der Waals surface area (Å²) < 4.78 is 23.2. The molecule has 202 valence electrons. The van der Waals surface area contributed by atoms with Crippen molar-refractivity contribution in [2.24, 2.45) is 0 Å². The summed E-state index contributed by atoms with van der Waals surface area (Å²) >= 11 is 23.0. The van der Waals surface area contributed by atoms with E-state index in [2.05, 4.69) is 15.9 Å². The monoisotopic (exact) mass is 669 g/mol. The van der Waals surface area contributed by atoms with E-state index in [4.69, 9.17) is 53.8 Å². The Labute approximate surface area is 252 Å². The second kappa shape index (κ2) is 11.9. The minimum atomic E-state index is -0.425. The number of ether oxygens (including phenoxy) is 4. The molecule has 39 heavy (non-hydrogen) atoms. The molecule has 7 nitrogen and oxygen atoms in total. The van der Waals surface area contributed by atoms with Gasteiger partial charge < -0.3 is 18.9 Å². The first-order chi connectivity index (χ1) is 18.7. The molecule has 0 unspecified atom stereocenters. The van der Waals surface area contributed by atoms with E-state index in [1.807, 2.05) is 6.92 Å². The maximum absolute atomic E-state index is 13.2. The highest BCUT2D eigenvalue weighted by Crippen LogP contribution is 2.42. The molecule has 0 N–H and O–H groups in total. The van der Waals surface area contributed by atoms with Gasteiger partial charge in [0.15, 0.2) is 23.0 Å². The Bertz CT molecular complexity index is 1520. The van der Waals surface area contributed by atoms with E-state index < -0.39 is 11.1 Å². The van der Waals surface area contributed by atoms with Crippen LogP contribution in [0.1, 0.15) is 23.6 Å². The number of nitrogens with zero attached hydrogens (tertiary/aromatic N) is 1. The van der Waals surface area contributed by atoms with Gasteiger partial charge in [-0.3, -0.25) is 14.5 Å². The van der Waals surface area contributed by atoms with Gasteiger partial charge in [0.25, 0.3) is 11.1 Å². The molecule has 0 spiro atoms. The van der Waals surface area contributed by atoms with Crippen molar-refractivity contribution in [2.75, 3.05) is 13.4 Å². The molecule has 2 aliphatic heterocycles. The number of rotatable bonds is 8. The fourth-order valence-electron chi connectivity index (χ4n) is 3.90. The highest BCUT2D eigenvalue weighted by atomic mass is 79.9. The molecule has 2 heterocycles. The van der Waals surface area contributed by atoms with Crippen LogP contribution in [0.5, 0.6) is 23.0 Å². The lowest BCUT2D eigenvalue weighted by Crippen LogP contribution is -2.27. The topological polar surface area (TPSA) is 74.3 Å². The summed E-state index contributed by atoms with van der Waals surface area (Å²) in [7, 11) is 0. The summed E-state index contributed by atoms with van der Waals surface area (Å²) in [5.74, 6) is 1.56. The number of hydrogen-bond acceptors (Lipinski definition) is 7. The number of imide groups is 1. The molecule has 5 rings (SSSR count). The Morgan fingerprint density at radius 3 is 2.49 bits per heavy atom. The molecule has 3 aromatic carbocycles. The molecule has 0 bridgehead atoms. The van der Waals surface area contributed by atoms with Gasteiger partial charge in [0.2, 0.25) is 6.79 Å². The van der Waals surface area contributed by atoms with Gasteiger partial charge in [-0.25, -0.2) is 0 Å². The summed E-state index contributed by atoms with van der Waals surface area (Å²) in [6, 6.07) is 12.0. The molecule has 12 heteroatoms. The van der Waals surface area contributed by atoms with Crippen molar-refractivity contribution in [1.29, 1.82) is 0 Å². The fourth-order valence-corrected chi connectivity index (χ4v) is 5.99. The third-order valence-electron chi connectivity index (χ3n) is 5.76. The van der Waals surface area contributed by atoms with Gasteiger partial charge in [-0.15, -0.1) is 0 Å². The van der Waals surface area contributed by atoms with Gasteiger partial charge in [-0.2, -0.15) is 0 Å². The summed E-state index contributed by atoms with van der Waals surface area (Å²) in [4.78, 5) is 27.3. The predicted molar refractivity (Wildman–Crippen MR) is 155 cm³/mol. The molecule has 0 radical (unpaired) electrons. The van der Waals surface area contributed by atoms with E-state index in [9.17, 15) is 9.59 Å². The summed E-state index contributed by atoms with van der Waals surface area (Å²) in [5.41, 5.74) is 1.98. The van der Waals surface area contributed by atoms with E-state index in [0.717, 1.165) is 22.2 Å². The van der Waals surface area contributed by atoms with Crippen molar-refractivity contribution in [3.63, 3.8) is 0 Å². The van der Waals surface area contributed by atoms with Gasteiger partial charge in [-0.05, 0) is 82.2 Å². The zero-order valence-corrected chi connectivity index (χ0v) is 24.9. The Balaban J connectivity index is 1.36. The second-order valence-corrected chi connectivity index (χ2v) is 11.5. The number of fused-ring (bicyclic) bond motifs is 1. The molecule has 3 aromatic rings. The number of benzene rings is 3. The Kier molecular flexibility index (Phi) is 8.54. The molecule has 0 saturated carbocycles. The van der Waals surface area contributed by atoms with Crippen LogP contribution in [-0.2, 0) is 17.9 Å². The highest BCUT2D eigenvalue weighted by Gasteiger charge is 2.36. The highest BCUT2D eigenvalue weighted by molar-refractivity contribution is 9.10. The SMILES string of the molecule is CCOc1cc(/C=C2\SC(=O)N(Cc3cc4c(cc3Cl)OCO4)C2=O)cc(Br)c1OCc1ccc(Cl)cc1Cl. The van der Waals surface area contributed by atoms with Crippen LogP contribution in [0, 0.1) is 0 Å². The van der Waals surface area contributed by atoms with Gasteiger partial charge in [0.1, 0.15) is 6.61 Å². The zero-order valence-electron chi connectivity index (χ0n) is 20.3. The van der Waals surface area contributed by atoms with Crippen LogP contribution in [0.15, 0.2) is 51.8 Å². The van der Waals surface area contributed by atoms with Crippen LogP contribution < -0.4 is 18.9 Å². The average Bonchev–Trinajstić information content (AvgIpc) is 3.44. The number of carbonyl (C=O) groups excluding carboxylic acids is 2. The van der Waals surface area contributed by atoms with E-state index in [0.29, 0.717) is 60.3 Å². The van der Waals surface area contributed by atoms with E-state index in [1.54, 1.807) is 48.5 Å². The zero-order chi connectivity index (χ0) is 27.7. The number of halogens is 4. The van der Waals surface area contributed by atoms with Crippen molar-refractivity contribution < 1.29 is 28.5 Å². The number of thioether (sulfide) groups is 1. The van der Waals surface area contributed by atoms with Crippen molar-refractivity contribution in [1.82, 2.24) is 4.90 Å². The lowest BCUT2D eigenvalue weighted by atomic mass is 10.1. The van der Waals surface area contributed by atoms with Gasteiger partial charge in [0, 0.05) is 26.7 Å². The van der Waals surface area contributed by atoms with Crippen LogP contribution in [0.3, 0.4) is 0 Å². The van der Waals surface area contributed by atoms with Gasteiger partial charge in [-0.1, -0.05) is 40.9 Å². The molecule has 2 amide bonds. The standard InChI is InChI=1S/C27H19BrCl3NO6S/c1-2-35-23-6-14(5-18(28)25(23)36-12-15-3-4-17(29)9-19(15)30)7-24-26(33)32(27(34)39-24)11-16-8-21-22(10-20(16)31)38-13-37-21/h3-10H,2,11-13H2,1H3/b24-7-. The van der Waals surface area contributed by atoms with Crippen molar-refractivity contribution >= 4 is 79.7 Å². The molecular weight excluding hydrogens is 653 g/mol. The van der Waals surface area contributed by atoms with Gasteiger partial charge in [0.05, 0.1) is 22.5 Å². The third kappa shape index (κ3) is 6.12. The Hall–Kier alpha value is -2.56. The van der Waals surface area contributed by atoms with Crippen molar-refractivity contribution in [3.8, 4) is 23.0 Å². The minimum Gasteiger partial charge on any atom is -0.490 e. The van der Waals surface area contributed by atoms with Crippen molar-refractivity contribution in [2.45, 2.75) is 20.1 Å². The molecule has 0 aliphatic carbocycles. The van der Waals surface area contributed by atoms with E-state index in [1.165, 1.54) is 0 Å². The Morgan fingerprint density at radius 2 is 1.74 bits per heavy atom. The van der Waals surface area contributed by atoms with E-state index >= 15 is 0 Å². The molecular formula is C27H19BrCl3NO6S. The second-order valence-electron chi connectivity index (χ2n) is 8.35. The minimum absolute atomic E-state index is 0.00536. The molecule has 1 fully saturated rings. The maximum Gasteiger partial charge on any atom is 0.293 e. The average molecular weight is 672 g/mol. The van der Waals surface area contributed by atoms with E-state index in [-0.39, 0.29) is 24.8 Å². The Morgan fingerprint density at radius 1 is 1.00 bits per heavy atom. The predicted octanol–water partition coefficient (Wildman–Crippen LogP) is 8.35. The first-order valence-electron chi connectivity index (χ1n) is 11.6. The molecule has 2 aliphatic rings. The van der Waals surface area contributed by atoms with Crippen LogP contribution in [0.4, 0.5) is 4.79 Å². The molecule has 1 saturated heterocycles. The summed E-state index contributed by atoms with van der Waals surface area (Å²) in [6.45, 7) is 2.53. The third-order valence-corrected chi connectivity index (χ3v) is 8.20. The lowest BCUT2D eigenvalue weighted by molar-refractivity contribution is -0.123. The van der Waals surface area contributed by atoms with Gasteiger partial charge >= 0.3 is 0 Å². The number of carbonyl (C=O) groups is 2. The fraction of sp³-hybridized carbons (Fsp3) is 0.185. The van der Waals surface area contributed by atoms with Crippen LogP contribution >= 0.6 is 62.5 Å². The summed E-state index contributed by atoms with van der Waals surface area (Å²) in [6.07, 6.45) is 1.64. The quantitative estimate of drug-likeness (QED) is 0.223. The number of amides is 2.